The maximum absolute atomic E-state index is 11.9. The van der Waals surface area contributed by atoms with Gasteiger partial charge in [-0.15, -0.1) is 0 Å². The molecule has 5 heteroatoms. The van der Waals surface area contributed by atoms with E-state index in [1.165, 1.54) is 0 Å². The Hall–Kier alpha value is -2.37. The topological polar surface area (TPSA) is 58.6 Å². The van der Waals surface area contributed by atoms with Gasteiger partial charge in [-0.2, -0.15) is 0 Å². The molecular formula is C20H24N2O3. The van der Waals surface area contributed by atoms with Crippen LogP contribution in [0.15, 0.2) is 56.3 Å². The summed E-state index contributed by atoms with van der Waals surface area (Å²) in [4.78, 5) is 14.0. The number of hydrogen-bond acceptors (Lipinski definition) is 5. The summed E-state index contributed by atoms with van der Waals surface area (Å²) < 4.78 is 10.9. The van der Waals surface area contributed by atoms with E-state index in [0.29, 0.717) is 12.1 Å². The van der Waals surface area contributed by atoms with E-state index in [2.05, 4.69) is 23.2 Å². The van der Waals surface area contributed by atoms with Gasteiger partial charge < -0.3 is 14.2 Å². The summed E-state index contributed by atoms with van der Waals surface area (Å²) >= 11 is 0. The maximum Gasteiger partial charge on any atom is 0.336 e. The Balaban J connectivity index is 1.77. The minimum atomic E-state index is -0.312. The molecule has 2 heterocycles. The summed E-state index contributed by atoms with van der Waals surface area (Å²) in [7, 11) is 4.04. The molecule has 132 valence electrons. The van der Waals surface area contributed by atoms with Gasteiger partial charge in [0.15, 0.2) is 0 Å². The molecule has 0 amide bonds. The number of fused-ring (bicyclic) bond motifs is 1. The monoisotopic (exact) mass is 340 g/mol. The van der Waals surface area contributed by atoms with Crippen LogP contribution in [0.1, 0.15) is 29.9 Å². The first-order valence-corrected chi connectivity index (χ1v) is 8.54. The minimum Gasteiger partial charge on any atom is -0.468 e. The number of nitrogens with zero attached hydrogens (tertiary/aromatic N) is 1. The normalized spacial score (nSPS) is 12.8. The average Bonchev–Trinajstić information content (AvgIpc) is 3.11. The summed E-state index contributed by atoms with van der Waals surface area (Å²) in [6, 6.07) is 11.6. The molecule has 25 heavy (non-hydrogen) atoms. The zero-order valence-electron chi connectivity index (χ0n) is 14.9. The molecule has 3 aromatic rings. The summed E-state index contributed by atoms with van der Waals surface area (Å²) in [5.74, 6) is 0.919. The van der Waals surface area contributed by atoms with Crippen LogP contribution in [0.2, 0.25) is 0 Å². The van der Waals surface area contributed by atoms with E-state index in [9.17, 15) is 4.79 Å². The van der Waals surface area contributed by atoms with E-state index in [-0.39, 0.29) is 11.7 Å². The highest BCUT2D eigenvalue weighted by atomic mass is 16.4. The van der Waals surface area contributed by atoms with Gasteiger partial charge in [0.25, 0.3) is 0 Å². The first kappa shape index (κ1) is 17.5. The van der Waals surface area contributed by atoms with Crippen molar-refractivity contribution in [2.45, 2.75) is 25.9 Å². The van der Waals surface area contributed by atoms with Crippen LogP contribution in [-0.4, -0.2) is 25.5 Å². The summed E-state index contributed by atoms with van der Waals surface area (Å²) in [6.45, 7) is 3.40. The van der Waals surface area contributed by atoms with Gasteiger partial charge in [0, 0.05) is 24.5 Å². The van der Waals surface area contributed by atoms with Crippen LogP contribution in [-0.2, 0) is 13.0 Å². The molecule has 0 spiro atoms. The van der Waals surface area contributed by atoms with Gasteiger partial charge in [-0.1, -0.05) is 19.1 Å². The van der Waals surface area contributed by atoms with Gasteiger partial charge in [0.1, 0.15) is 11.3 Å². The van der Waals surface area contributed by atoms with Crippen LogP contribution < -0.4 is 10.9 Å². The fraction of sp³-hybridized carbons (Fsp3) is 0.350. The highest BCUT2D eigenvalue weighted by molar-refractivity contribution is 5.80. The molecule has 0 saturated heterocycles. The molecule has 2 aromatic heterocycles. The van der Waals surface area contributed by atoms with Crippen molar-refractivity contribution in [1.82, 2.24) is 10.2 Å². The lowest BCUT2D eigenvalue weighted by atomic mass is 10.1. The lowest BCUT2D eigenvalue weighted by Gasteiger charge is -2.22. The molecule has 0 radical (unpaired) electrons. The first-order valence-electron chi connectivity index (χ1n) is 8.54. The maximum atomic E-state index is 11.9. The fourth-order valence-electron chi connectivity index (χ4n) is 3.00. The van der Waals surface area contributed by atoms with Crippen molar-refractivity contribution in [3.8, 4) is 0 Å². The van der Waals surface area contributed by atoms with Gasteiger partial charge >= 0.3 is 5.63 Å². The molecule has 0 unspecified atom stereocenters. The second-order valence-electron chi connectivity index (χ2n) is 6.40. The van der Waals surface area contributed by atoms with Gasteiger partial charge in [-0.3, -0.25) is 4.90 Å². The smallest absolute Gasteiger partial charge is 0.336 e. The quantitative estimate of drug-likeness (QED) is 0.669. The van der Waals surface area contributed by atoms with Crippen molar-refractivity contribution in [2.24, 2.45) is 0 Å². The number of nitrogens with one attached hydrogen (secondary N) is 1. The lowest BCUT2D eigenvalue weighted by Crippen LogP contribution is -2.30. The fourth-order valence-corrected chi connectivity index (χ4v) is 3.00. The molecule has 0 fully saturated rings. The Morgan fingerprint density at radius 3 is 2.72 bits per heavy atom. The largest absolute Gasteiger partial charge is 0.468 e. The molecule has 0 aliphatic carbocycles. The second-order valence-corrected chi connectivity index (χ2v) is 6.40. The molecule has 0 aliphatic rings. The predicted octanol–water partition coefficient (Wildman–Crippen LogP) is 3.34. The van der Waals surface area contributed by atoms with E-state index in [1.54, 1.807) is 12.3 Å². The van der Waals surface area contributed by atoms with Crippen LogP contribution in [0.3, 0.4) is 0 Å². The molecular weight excluding hydrogens is 316 g/mol. The van der Waals surface area contributed by atoms with Gasteiger partial charge in [-0.25, -0.2) is 4.79 Å². The van der Waals surface area contributed by atoms with Crippen molar-refractivity contribution >= 4 is 11.0 Å². The van der Waals surface area contributed by atoms with Crippen LogP contribution >= 0.6 is 0 Å². The summed E-state index contributed by atoms with van der Waals surface area (Å²) in [5, 5.41) is 4.41. The van der Waals surface area contributed by atoms with E-state index in [1.807, 2.05) is 38.4 Å². The third-order valence-corrected chi connectivity index (χ3v) is 4.45. The molecule has 0 aliphatic heterocycles. The zero-order valence-corrected chi connectivity index (χ0v) is 14.9. The highest BCUT2D eigenvalue weighted by Crippen LogP contribution is 2.20. The van der Waals surface area contributed by atoms with Crippen molar-refractivity contribution in [2.75, 3.05) is 20.6 Å². The highest BCUT2D eigenvalue weighted by Gasteiger charge is 2.16. The number of hydrogen-bond donors (Lipinski definition) is 1. The standard InChI is InChI=1S/C20H24N2O3/c1-4-14-7-8-16-15(11-20(23)25-19(16)10-14)12-21-13-17(22(2)3)18-6-5-9-24-18/h5-11,17,21H,4,12-13H2,1-3H3/t17-/m1/s1. The molecule has 0 bridgehead atoms. The second kappa shape index (κ2) is 7.68. The van der Waals surface area contributed by atoms with Crippen molar-refractivity contribution in [1.29, 1.82) is 0 Å². The third kappa shape index (κ3) is 4.00. The summed E-state index contributed by atoms with van der Waals surface area (Å²) in [6.07, 6.45) is 2.60. The van der Waals surface area contributed by atoms with Crippen LogP contribution in [0.5, 0.6) is 0 Å². The van der Waals surface area contributed by atoms with Crippen LogP contribution in [0, 0.1) is 0 Å². The Bertz CT molecular complexity index is 882. The van der Waals surface area contributed by atoms with E-state index in [4.69, 9.17) is 8.83 Å². The Morgan fingerprint density at radius 1 is 1.20 bits per heavy atom. The van der Waals surface area contributed by atoms with E-state index < -0.39 is 0 Å². The molecule has 0 saturated carbocycles. The first-order chi connectivity index (χ1) is 12.1. The summed E-state index contributed by atoms with van der Waals surface area (Å²) in [5.41, 5.74) is 2.45. The third-order valence-electron chi connectivity index (χ3n) is 4.45. The molecule has 1 aromatic carbocycles. The number of aryl methyl sites for hydroxylation is 1. The number of rotatable bonds is 7. The molecule has 1 N–H and O–H groups in total. The number of benzene rings is 1. The minimum absolute atomic E-state index is 0.132. The lowest BCUT2D eigenvalue weighted by molar-refractivity contribution is 0.250. The predicted molar refractivity (Wildman–Crippen MR) is 98.7 cm³/mol. The average molecular weight is 340 g/mol. The SMILES string of the molecule is CCc1ccc2c(CNC[C@H](c3ccco3)N(C)C)cc(=O)oc2c1. The number of furan rings is 1. The van der Waals surface area contributed by atoms with Crippen LogP contribution in [0.25, 0.3) is 11.0 Å². The Labute approximate surface area is 147 Å². The van der Waals surface area contributed by atoms with Crippen molar-refractivity contribution in [3.63, 3.8) is 0 Å². The Kier molecular flexibility index (Phi) is 5.36. The number of likely N-dealkylation sites (N-methyl/N-ethyl adjacent to an activating group) is 1. The van der Waals surface area contributed by atoms with Crippen molar-refractivity contribution < 1.29 is 8.83 Å². The van der Waals surface area contributed by atoms with Gasteiger partial charge in [0.2, 0.25) is 0 Å². The van der Waals surface area contributed by atoms with Gasteiger partial charge in [0.05, 0.1) is 12.3 Å². The molecule has 5 nitrogen and oxygen atoms in total. The van der Waals surface area contributed by atoms with Crippen molar-refractivity contribution in [3.05, 3.63) is 70.0 Å². The Morgan fingerprint density at radius 2 is 2.04 bits per heavy atom. The van der Waals surface area contributed by atoms with E-state index in [0.717, 1.165) is 35.2 Å². The van der Waals surface area contributed by atoms with Gasteiger partial charge in [-0.05, 0) is 49.8 Å². The van der Waals surface area contributed by atoms with Crippen LogP contribution in [0.4, 0.5) is 0 Å². The zero-order chi connectivity index (χ0) is 17.8. The van der Waals surface area contributed by atoms with E-state index >= 15 is 0 Å². The molecule has 3 rings (SSSR count). The molecule has 1 atom stereocenters.